The third-order valence-corrected chi connectivity index (χ3v) is 6.46. The maximum Gasteiger partial charge on any atom is 0.290 e. The normalized spacial score (nSPS) is 19.8. The van der Waals surface area contributed by atoms with Crippen molar-refractivity contribution < 1.29 is 9.21 Å². The van der Waals surface area contributed by atoms with Crippen molar-refractivity contribution in [3.8, 4) is 0 Å². The summed E-state index contributed by atoms with van der Waals surface area (Å²) in [6, 6.07) is 6.98. The molecule has 0 N–H and O–H groups in total. The van der Waals surface area contributed by atoms with E-state index in [4.69, 9.17) is 4.42 Å². The van der Waals surface area contributed by atoms with Gasteiger partial charge in [0.25, 0.3) is 5.91 Å². The topological polar surface area (TPSA) is 33.5 Å². The molecule has 2 aliphatic carbocycles. The van der Waals surface area contributed by atoms with Gasteiger partial charge >= 0.3 is 0 Å². The first kappa shape index (κ1) is 17.6. The van der Waals surface area contributed by atoms with Gasteiger partial charge in [-0.2, -0.15) is 0 Å². The van der Waals surface area contributed by atoms with E-state index in [9.17, 15) is 4.79 Å². The fraction of sp³-hybridized carbons (Fsp3) is 0.609. The predicted molar refractivity (Wildman–Crippen MR) is 106 cm³/mol. The van der Waals surface area contributed by atoms with Crippen LogP contribution < -0.4 is 0 Å². The van der Waals surface area contributed by atoms with E-state index in [2.05, 4.69) is 24.0 Å². The van der Waals surface area contributed by atoms with Gasteiger partial charge in [-0.1, -0.05) is 50.2 Å². The molecule has 0 spiro atoms. The predicted octanol–water partition coefficient (Wildman–Crippen LogP) is 6.16. The lowest BCUT2D eigenvalue weighted by Crippen LogP contribution is -2.48. The first-order valence-corrected chi connectivity index (χ1v) is 10.5. The summed E-state index contributed by atoms with van der Waals surface area (Å²) in [4.78, 5) is 15.9. The molecular formula is C23H31NO2. The van der Waals surface area contributed by atoms with Crippen LogP contribution in [-0.2, 0) is 0 Å². The molecular weight excluding hydrogens is 322 g/mol. The minimum atomic E-state index is 0.134. The van der Waals surface area contributed by atoms with E-state index in [1.807, 2.05) is 13.0 Å². The van der Waals surface area contributed by atoms with Gasteiger partial charge in [-0.05, 0) is 51.7 Å². The van der Waals surface area contributed by atoms with E-state index in [1.54, 1.807) is 0 Å². The van der Waals surface area contributed by atoms with Gasteiger partial charge in [0, 0.05) is 23.0 Å². The zero-order valence-electron chi connectivity index (χ0n) is 16.2. The van der Waals surface area contributed by atoms with Crippen molar-refractivity contribution in [3.05, 3.63) is 35.1 Å². The van der Waals surface area contributed by atoms with Crippen molar-refractivity contribution >= 4 is 16.9 Å². The molecule has 140 valence electrons. The summed E-state index contributed by atoms with van der Waals surface area (Å²) in [5, 5.41) is 1.08. The highest BCUT2D eigenvalue weighted by molar-refractivity contribution is 5.99. The van der Waals surface area contributed by atoms with E-state index in [0.717, 1.165) is 42.2 Å². The second-order valence-electron chi connectivity index (χ2n) is 8.35. The van der Waals surface area contributed by atoms with Gasteiger partial charge in [-0.25, -0.2) is 0 Å². The van der Waals surface area contributed by atoms with Crippen LogP contribution in [0.1, 0.15) is 85.9 Å². The molecule has 0 bridgehead atoms. The number of benzene rings is 1. The molecule has 1 aromatic heterocycles. The highest BCUT2D eigenvalue weighted by atomic mass is 16.3. The van der Waals surface area contributed by atoms with Gasteiger partial charge in [0.05, 0.1) is 0 Å². The monoisotopic (exact) mass is 353 g/mol. The Bertz CT molecular complexity index is 761. The molecule has 1 heterocycles. The summed E-state index contributed by atoms with van der Waals surface area (Å²) in [6.07, 6.45) is 12.2. The number of rotatable bonds is 3. The summed E-state index contributed by atoms with van der Waals surface area (Å²) in [5.41, 5.74) is 3.05. The van der Waals surface area contributed by atoms with Crippen LogP contribution in [0, 0.1) is 13.8 Å². The van der Waals surface area contributed by atoms with Crippen molar-refractivity contribution in [3.63, 3.8) is 0 Å². The van der Waals surface area contributed by atoms with Gasteiger partial charge in [-0.15, -0.1) is 0 Å². The number of hydrogen-bond acceptors (Lipinski definition) is 2. The molecule has 0 unspecified atom stereocenters. The van der Waals surface area contributed by atoms with Gasteiger partial charge in [0.15, 0.2) is 5.76 Å². The van der Waals surface area contributed by atoms with Crippen LogP contribution in [0.2, 0.25) is 0 Å². The van der Waals surface area contributed by atoms with Crippen molar-refractivity contribution in [2.24, 2.45) is 0 Å². The molecule has 1 amide bonds. The number of fused-ring (bicyclic) bond motifs is 1. The molecule has 4 rings (SSSR count). The van der Waals surface area contributed by atoms with Crippen LogP contribution in [0.3, 0.4) is 0 Å². The average Bonchev–Trinajstić information content (AvgIpc) is 3.00. The standard InChI is InChI=1S/C23H31NO2/c1-16-13-14-21-20(15-16)17(2)22(26-21)23(25)24(18-9-5-3-6-10-18)19-11-7-4-8-12-19/h13-15,18-19H,3-12H2,1-2H3. The number of amides is 1. The summed E-state index contributed by atoms with van der Waals surface area (Å²) in [6.45, 7) is 4.13. The van der Waals surface area contributed by atoms with Gasteiger partial charge in [0.1, 0.15) is 5.58 Å². The number of aryl methyl sites for hydroxylation is 2. The molecule has 0 atom stereocenters. The van der Waals surface area contributed by atoms with E-state index < -0.39 is 0 Å². The lowest BCUT2D eigenvalue weighted by atomic mass is 9.88. The molecule has 26 heavy (non-hydrogen) atoms. The fourth-order valence-corrected chi connectivity index (χ4v) is 5.00. The number of nitrogens with zero attached hydrogens (tertiary/aromatic N) is 1. The highest BCUT2D eigenvalue weighted by Gasteiger charge is 2.35. The van der Waals surface area contributed by atoms with Crippen LogP contribution in [0.25, 0.3) is 11.0 Å². The smallest absolute Gasteiger partial charge is 0.290 e. The molecule has 2 saturated carbocycles. The fourth-order valence-electron chi connectivity index (χ4n) is 5.00. The SMILES string of the molecule is Cc1ccc2oc(C(=O)N(C3CCCCC3)C3CCCCC3)c(C)c2c1. The van der Waals surface area contributed by atoms with Gasteiger partial charge in [0.2, 0.25) is 0 Å². The first-order chi connectivity index (χ1) is 12.6. The molecule has 0 radical (unpaired) electrons. The summed E-state index contributed by atoms with van der Waals surface area (Å²) in [7, 11) is 0. The van der Waals surface area contributed by atoms with Crippen LogP contribution in [0.4, 0.5) is 0 Å². The Morgan fingerprint density at radius 3 is 2.08 bits per heavy atom. The summed E-state index contributed by atoms with van der Waals surface area (Å²) >= 11 is 0. The largest absolute Gasteiger partial charge is 0.451 e. The zero-order chi connectivity index (χ0) is 18.1. The summed E-state index contributed by atoms with van der Waals surface area (Å²) in [5.74, 6) is 0.705. The highest BCUT2D eigenvalue weighted by Crippen LogP contribution is 2.34. The average molecular weight is 354 g/mol. The van der Waals surface area contributed by atoms with Crippen molar-refractivity contribution in [2.45, 2.75) is 90.1 Å². The van der Waals surface area contributed by atoms with Crippen molar-refractivity contribution in [1.82, 2.24) is 4.90 Å². The Morgan fingerprint density at radius 1 is 0.923 bits per heavy atom. The summed E-state index contributed by atoms with van der Waals surface area (Å²) < 4.78 is 6.09. The number of hydrogen-bond donors (Lipinski definition) is 0. The lowest BCUT2D eigenvalue weighted by molar-refractivity contribution is 0.0418. The Labute approximate surface area is 156 Å². The Balaban J connectivity index is 1.70. The molecule has 3 nitrogen and oxygen atoms in total. The van der Waals surface area contributed by atoms with E-state index in [1.165, 1.54) is 44.1 Å². The van der Waals surface area contributed by atoms with E-state index in [0.29, 0.717) is 17.8 Å². The maximum absolute atomic E-state index is 13.7. The molecule has 2 aromatic rings. The second kappa shape index (κ2) is 7.46. The molecule has 0 aliphatic heterocycles. The van der Waals surface area contributed by atoms with Crippen molar-refractivity contribution in [2.75, 3.05) is 0 Å². The molecule has 3 heteroatoms. The van der Waals surface area contributed by atoms with Crippen LogP contribution in [-0.4, -0.2) is 22.9 Å². The molecule has 2 aliphatic rings. The number of furan rings is 1. The quantitative estimate of drug-likeness (QED) is 0.662. The molecule has 2 fully saturated rings. The Morgan fingerprint density at radius 2 is 1.50 bits per heavy atom. The van der Waals surface area contributed by atoms with Crippen molar-refractivity contribution in [1.29, 1.82) is 0 Å². The second-order valence-corrected chi connectivity index (χ2v) is 8.35. The van der Waals surface area contributed by atoms with Crippen LogP contribution >= 0.6 is 0 Å². The molecule has 0 saturated heterocycles. The number of carbonyl (C=O) groups excluding carboxylic acids is 1. The van der Waals surface area contributed by atoms with Crippen LogP contribution in [0.15, 0.2) is 22.6 Å². The minimum Gasteiger partial charge on any atom is -0.451 e. The van der Waals surface area contributed by atoms with E-state index in [-0.39, 0.29) is 5.91 Å². The third kappa shape index (κ3) is 3.28. The minimum absolute atomic E-state index is 0.134. The lowest BCUT2D eigenvalue weighted by Gasteiger charge is -2.41. The van der Waals surface area contributed by atoms with Crippen LogP contribution in [0.5, 0.6) is 0 Å². The maximum atomic E-state index is 13.7. The third-order valence-electron chi connectivity index (χ3n) is 6.46. The Kier molecular flexibility index (Phi) is 5.06. The zero-order valence-corrected chi connectivity index (χ0v) is 16.2. The van der Waals surface area contributed by atoms with E-state index >= 15 is 0 Å². The van der Waals surface area contributed by atoms with Gasteiger partial charge < -0.3 is 9.32 Å². The Hall–Kier alpha value is -1.77. The first-order valence-electron chi connectivity index (χ1n) is 10.5. The molecule has 1 aromatic carbocycles. The van der Waals surface area contributed by atoms with Gasteiger partial charge in [-0.3, -0.25) is 4.79 Å². The number of carbonyl (C=O) groups is 1.